The molecule has 4 aliphatic heterocycles. The predicted molar refractivity (Wildman–Crippen MR) is 145 cm³/mol. The quantitative estimate of drug-likeness (QED) is 0.412. The van der Waals surface area contributed by atoms with Crippen LogP contribution >= 0.6 is 0 Å². The van der Waals surface area contributed by atoms with Gasteiger partial charge >= 0.3 is 6.18 Å². The fourth-order valence-corrected chi connectivity index (χ4v) is 5.19. The standard InChI is InChI=1S/C28H26F3N7O4/c1-27(15-41-16-27)26(40)37-9-11-42-21(14-37)23-20-13-33-8-10-38(20,32)24(36-23)17-2-4-18(5-3-17)25(39)35-22-12-19(6-7-34-22)28(29,30)31/h2-8,10,12-13,21H,9,11,14-16,32H2,1H3/p+1. The van der Waals surface area contributed by atoms with Gasteiger partial charge in [-0.1, -0.05) is 0 Å². The van der Waals surface area contributed by atoms with Crippen molar-refractivity contribution in [2.75, 3.05) is 38.2 Å². The number of rotatable bonds is 5. The molecule has 0 spiro atoms. The second-order valence-electron chi connectivity index (χ2n) is 10.7. The van der Waals surface area contributed by atoms with Crippen molar-refractivity contribution in [3.8, 4) is 0 Å². The van der Waals surface area contributed by atoms with Crippen LogP contribution in [-0.4, -0.2) is 77.4 Å². The minimum Gasteiger partial charge on any atom is -0.379 e. The number of fused-ring (bicyclic) bond motifs is 1. The Hall–Kier alpha value is -4.24. The number of ether oxygens (including phenoxy) is 2. The highest BCUT2D eigenvalue weighted by molar-refractivity contribution is 6.05. The average molecular weight is 583 g/mol. The number of nitrogens with zero attached hydrogens (tertiary/aromatic N) is 5. The Kier molecular flexibility index (Phi) is 6.80. The van der Waals surface area contributed by atoms with Crippen molar-refractivity contribution in [2.45, 2.75) is 19.2 Å². The van der Waals surface area contributed by atoms with Crippen LogP contribution in [0.15, 0.2) is 76.4 Å². The van der Waals surface area contributed by atoms with Gasteiger partial charge in [0, 0.05) is 18.3 Å². The van der Waals surface area contributed by atoms with Crippen LogP contribution in [0.2, 0.25) is 0 Å². The zero-order chi connectivity index (χ0) is 29.7. The predicted octanol–water partition coefficient (Wildman–Crippen LogP) is 2.83. The Balaban J connectivity index is 1.23. The third-order valence-electron chi connectivity index (χ3n) is 7.57. The first-order valence-corrected chi connectivity index (χ1v) is 13.1. The van der Waals surface area contributed by atoms with E-state index in [1.165, 1.54) is 12.1 Å². The number of hydrogen-bond acceptors (Lipinski definition) is 8. The number of nitrogens with two attached hydrogens (primary N) is 1. The molecule has 0 bridgehead atoms. The van der Waals surface area contributed by atoms with Crippen LogP contribution in [0.1, 0.15) is 28.4 Å². The van der Waals surface area contributed by atoms with Gasteiger partial charge in [-0.2, -0.15) is 24.0 Å². The summed E-state index contributed by atoms with van der Waals surface area (Å²) in [4.78, 5) is 40.6. The van der Waals surface area contributed by atoms with Crippen LogP contribution < -0.4 is 11.2 Å². The normalized spacial score (nSPS) is 24.6. The SMILES string of the molecule is CC1(C(=O)N2CCOC(C3=C4C=NC=C[N+]4(N)C(c4ccc(C(=O)Nc5cc(C(F)(F)F)ccn5)cc4)=N3)C2)COC1. The van der Waals surface area contributed by atoms with Crippen molar-refractivity contribution in [2.24, 2.45) is 21.2 Å². The van der Waals surface area contributed by atoms with E-state index < -0.39 is 29.2 Å². The van der Waals surface area contributed by atoms with E-state index in [1.54, 1.807) is 35.6 Å². The Morgan fingerprint density at radius 2 is 1.95 bits per heavy atom. The molecule has 0 radical (unpaired) electrons. The largest absolute Gasteiger partial charge is 0.416 e. The van der Waals surface area contributed by atoms with Crippen LogP contribution in [-0.2, 0) is 20.4 Å². The smallest absolute Gasteiger partial charge is 0.379 e. The van der Waals surface area contributed by atoms with Gasteiger partial charge in [0.05, 0.1) is 55.3 Å². The van der Waals surface area contributed by atoms with Gasteiger partial charge in [-0.15, -0.1) is 4.59 Å². The molecule has 3 N–H and O–H groups in total. The maximum absolute atomic E-state index is 13.1. The van der Waals surface area contributed by atoms with Gasteiger partial charge in [-0.05, 0) is 43.3 Å². The number of allylic oxidation sites excluding steroid dienone is 1. The lowest BCUT2D eigenvalue weighted by atomic mass is 9.86. The molecule has 0 aliphatic carbocycles. The minimum absolute atomic E-state index is 0.00903. The molecule has 5 heterocycles. The van der Waals surface area contributed by atoms with E-state index in [1.807, 2.05) is 6.92 Å². The summed E-state index contributed by atoms with van der Waals surface area (Å²) in [5.74, 6) is 6.42. The van der Waals surface area contributed by atoms with Crippen LogP contribution in [0.4, 0.5) is 19.0 Å². The first-order valence-electron chi connectivity index (χ1n) is 13.1. The molecule has 2 unspecified atom stereocenters. The van der Waals surface area contributed by atoms with Gasteiger partial charge in [0.25, 0.3) is 11.7 Å². The van der Waals surface area contributed by atoms with E-state index in [4.69, 9.17) is 20.3 Å². The molecule has 0 saturated carbocycles. The molecule has 2 saturated heterocycles. The van der Waals surface area contributed by atoms with E-state index in [2.05, 4.69) is 15.3 Å². The number of aliphatic imine (C=N–C) groups is 2. The number of anilines is 1. The zero-order valence-corrected chi connectivity index (χ0v) is 22.5. The van der Waals surface area contributed by atoms with Gasteiger partial charge < -0.3 is 19.7 Å². The van der Waals surface area contributed by atoms with E-state index in [0.717, 1.165) is 18.3 Å². The number of carbonyl (C=O) groups is 2. The maximum Gasteiger partial charge on any atom is 0.416 e. The summed E-state index contributed by atoms with van der Waals surface area (Å²) in [7, 11) is 0. The molecule has 6 rings (SSSR count). The summed E-state index contributed by atoms with van der Waals surface area (Å²) in [6.45, 7) is 3.74. The monoisotopic (exact) mass is 582 g/mol. The van der Waals surface area contributed by atoms with Crippen molar-refractivity contribution in [3.05, 3.63) is 83.1 Å². The second-order valence-corrected chi connectivity index (χ2v) is 10.7. The molecule has 2 atom stereocenters. The van der Waals surface area contributed by atoms with Gasteiger partial charge in [0.15, 0.2) is 0 Å². The Labute approximate surface area is 238 Å². The summed E-state index contributed by atoms with van der Waals surface area (Å²) in [6.07, 6.45) is 0.715. The number of hydrogen-bond donors (Lipinski definition) is 2. The van der Waals surface area contributed by atoms with Crippen molar-refractivity contribution >= 4 is 29.7 Å². The number of aromatic nitrogens is 1. The fourth-order valence-electron chi connectivity index (χ4n) is 5.19. The first kappa shape index (κ1) is 27.9. The third-order valence-corrected chi connectivity index (χ3v) is 7.57. The highest BCUT2D eigenvalue weighted by atomic mass is 19.4. The number of amidine groups is 1. The van der Waals surface area contributed by atoms with Crippen LogP contribution in [0, 0.1) is 5.41 Å². The molecule has 2 fully saturated rings. The number of benzene rings is 1. The van der Waals surface area contributed by atoms with Gasteiger partial charge in [-0.25, -0.2) is 4.98 Å². The van der Waals surface area contributed by atoms with E-state index in [0.29, 0.717) is 55.7 Å². The molecule has 1 aromatic heterocycles. The van der Waals surface area contributed by atoms with Gasteiger partial charge in [0.1, 0.15) is 23.8 Å². The fraction of sp³-hybridized carbons (Fsp3) is 0.321. The first-order chi connectivity index (χ1) is 20.0. The van der Waals surface area contributed by atoms with Gasteiger partial charge in [-0.3, -0.25) is 14.6 Å². The highest BCUT2D eigenvalue weighted by Crippen LogP contribution is 2.36. The lowest BCUT2D eigenvalue weighted by Crippen LogP contribution is -2.57. The summed E-state index contributed by atoms with van der Waals surface area (Å²) < 4.78 is 50.1. The van der Waals surface area contributed by atoms with Crippen molar-refractivity contribution in [1.29, 1.82) is 0 Å². The Morgan fingerprint density at radius 1 is 1.19 bits per heavy atom. The molecular weight excluding hydrogens is 555 g/mol. The third kappa shape index (κ3) is 4.91. The number of morpholine rings is 1. The minimum atomic E-state index is -4.56. The van der Waals surface area contributed by atoms with Crippen molar-refractivity contribution in [1.82, 2.24) is 9.88 Å². The topological polar surface area (TPSA) is 132 Å². The van der Waals surface area contributed by atoms with E-state index in [9.17, 15) is 22.8 Å². The summed E-state index contributed by atoms with van der Waals surface area (Å²) in [5.41, 5.74) is 0.465. The number of pyridine rings is 1. The van der Waals surface area contributed by atoms with Crippen molar-refractivity contribution < 1.29 is 36.8 Å². The summed E-state index contributed by atoms with van der Waals surface area (Å²) in [5, 5.41) is 2.39. The molecule has 218 valence electrons. The molecule has 1 aromatic carbocycles. The highest BCUT2D eigenvalue weighted by Gasteiger charge is 2.49. The molecule has 2 amide bonds. The molecule has 11 nitrogen and oxygen atoms in total. The summed E-state index contributed by atoms with van der Waals surface area (Å²) >= 11 is 0. The molecule has 4 aliphatic rings. The lowest BCUT2D eigenvalue weighted by molar-refractivity contribution is -0.750. The lowest BCUT2D eigenvalue weighted by Gasteiger charge is -2.42. The maximum atomic E-state index is 13.1. The number of carbonyl (C=O) groups excluding carboxylic acids is 2. The van der Waals surface area contributed by atoms with Crippen LogP contribution in [0.5, 0.6) is 0 Å². The molecule has 42 heavy (non-hydrogen) atoms. The second kappa shape index (κ2) is 10.2. The summed E-state index contributed by atoms with van der Waals surface area (Å²) in [6, 6.07) is 7.93. The zero-order valence-electron chi connectivity index (χ0n) is 22.5. The number of alkyl halides is 3. The van der Waals surface area contributed by atoms with Crippen molar-refractivity contribution in [3.63, 3.8) is 0 Å². The van der Waals surface area contributed by atoms with Crippen LogP contribution in [0.3, 0.4) is 0 Å². The van der Waals surface area contributed by atoms with Crippen LogP contribution in [0.25, 0.3) is 0 Å². The molecule has 14 heteroatoms. The molecular formula is C28H27F3N7O4+. The number of amides is 2. The average Bonchev–Trinajstić information content (AvgIpc) is 3.28. The number of nitrogens with one attached hydrogen (secondary N) is 1. The molecule has 2 aromatic rings. The number of quaternary nitrogens is 1. The van der Waals surface area contributed by atoms with E-state index in [-0.39, 0.29) is 21.9 Å². The van der Waals surface area contributed by atoms with E-state index >= 15 is 0 Å². The number of halogens is 3. The van der Waals surface area contributed by atoms with Gasteiger partial charge in [0.2, 0.25) is 11.6 Å². The Bertz CT molecular complexity index is 1560. The Morgan fingerprint density at radius 3 is 2.64 bits per heavy atom.